The fourth-order valence-corrected chi connectivity index (χ4v) is 4.05. The van der Waals surface area contributed by atoms with Gasteiger partial charge in [0.15, 0.2) is 11.4 Å². The second kappa shape index (κ2) is 8.57. The van der Waals surface area contributed by atoms with Gasteiger partial charge in [-0.2, -0.15) is 15.2 Å². The first-order chi connectivity index (χ1) is 15.2. The van der Waals surface area contributed by atoms with E-state index in [0.717, 1.165) is 33.6 Å². The molecule has 3 heterocycles. The van der Waals surface area contributed by atoms with E-state index in [0.29, 0.717) is 17.9 Å². The Bertz CT molecular complexity index is 1280. The van der Waals surface area contributed by atoms with E-state index in [9.17, 15) is 4.79 Å². The Labute approximate surface area is 188 Å². The maximum Gasteiger partial charge on any atom is 0.215 e. The lowest BCUT2D eigenvalue weighted by Crippen LogP contribution is -2.14. The lowest BCUT2D eigenvalue weighted by molar-refractivity contribution is -0.121. The molecular weight excluding hydrogens is 402 g/mol. The predicted molar refractivity (Wildman–Crippen MR) is 125 cm³/mol. The van der Waals surface area contributed by atoms with Gasteiger partial charge in [-0.25, -0.2) is 4.68 Å². The minimum absolute atomic E-state index is 0.000216. The van der Waals surface area contributed by atoms with Crippen molar-refractivity contribution < 1.29 is 9.53 Å². The molecule has 0 aliphatic carbocycles. The molecule has 0 spiro atoms. The van der Waals surface area contributed by atoms with Crippen LogP contribution in [-0.4, -0.2) is 36.9 Å². The van der Waals surface area contributed by atoms with E-state index in [1.165, 1.54) is 5.56 Å². The number of rotatable bonds is 7. The standard InChI is InChI=1S/C25H29N5O2/c1-15-7-9-19(10-8-15)16(2)11-20(31)14-32-22-12-17(3)23-24(28-30(6)25(23)26-22)21-13-18(4)27-29(21)5/h7-10,12-13,16H,11,14H2,1-6H3/t16-/m1/s1. The van der Waals surface area contributed by atoms with Gasteiger partial charge in [-0.05, 0) is 43.9 Å². The zero-order valence-corrected chi connectivity index (χ0v) is 19.5. The molecular formula is C25H29N5O2. The zero-order chi connectivity index (χ0) is 23.0. The van der Waals surface area contributed by atoms with E-state index < -0.39 is 0 Å². The van der Waals surface area contributed by atoms with Crippen LogP contribution in [0.5, 0.6) is 5.88 Å². The Morgan fingerprint density at radius 1 is 1.03 bits per heavy atom. The molecule has 0 saturated heterocycles. The van der Waals surface area contributed by atoms with E-state index in [1.54, 1.807) is 4.68 Å². The van der Waals surface area contributed by atoms with Crippen LogP contribution >= 0.6 is 0 Å². The molecule has 0 bridgehead atoms. The highest BCUT2D eigenvalue weighted by Crippen LogP contribution is 2.31. The molecule has 0 N–H and O–H groups in total. The van der Waals surface area contributed by atoms with Crippen LogP contribution < -0.4 is 4.74 Å². The van der Waals surface area contributed by atoms with Crippen LogP contribution in [0.25, 0.3) is 22.4 Å². The molecule has 4 aromatic rings. The maximum atomic E-state index is 12.5. The van der Waals surface area contributed by atoms with Crippen molar-refractivity contribution in [3.05, 3.63) is 58.8 Å². The first kappa shape index (κ1) is 21.7. The van der Waals surface area contributed by atoms with Gasteiger partial charge in [0, 0.05) is 26.6 Å². The number of pyridine rings is 1. The van der Waals surface area contributed by atoms with Crippen molar-refractivity contribution in [3.63, 3.8) is 0 Å². The van der Waals surface area contributed by atoms with E-state index in [1.807, 2.05) is 44.8 Å². The van der Waals surface area contributed by atoms with Gasteiger partial charge in [0.05, 0.1) is 16.8 Å². The van der Waals surface area contributed by atoms with Crippen LogP contribution in [0.15, 0.2) is 36.4 Å². The summed E-state index contributed by atoms with van der Waals surface area (Å²) in [7, 11) is 3.77. The Morgan fingerprint density at radius 2 is 1.75 bits per heavy atom. The van der Waals surface area contributed by atoms with Crippen molar-refractivity contribution in [2.45, 2.75) is 40.0 Å². The van der Waals surface area contributed by atoms with Gasteiger partial charge in [-0.15, -0.1) is 0 Å². The van der Waals surface area contributed by atoms with E-state index in [-0.39, 0.29) is 18.3 Å². The fraction of sp³-hybridized carbons (Fsp3) is 0.360. The third-order valence-electron chi connectivity index (χ3n) is 5.77. The minimum atomic E-state index is -0.000216. The topological polar surface area (TPSA) is 74.8 Å². The summed E-state index contributed by atoms with van der Waals surface area (Å²) in [4.78, 5) is 17.2. The van der Waals surface area contributed by atoms with Crippen LogP contribution in [0.3, 0.4) is 0 Å². The summed E-state index contributed by atoms with van der Waals surface area (Å²) in [5, 5.41) is 10.1. The Kier molecular flexibility index (Phi) is 5.82. The molecule has 0 unspecified atom stereocenters. The highest BCUT2D eigenvalue weighted by molar-refractivity contribution is 5.93. The monoisotopic (exact) mass is 431 g/mol. The predicted octanol–water partition coefficient (Wildman–Crippen LogP) is 4.44. The fourth-order valence-electron chi connectivity index (χ4n) is 4.05. The first-order valence-electron chi connectivity index (χ1n) is 10.8. The third-order valence-corrected chi connectivity index (χ3v) is 5.77. The van der Waals surface area contributed by atoms with Gasteiger partial charge in [0.25, 0.3) is 0 Å². The van der Waals surface area contributed by atoms with Crippen molar-refractivity contribution >= 4 is 16.8 Å². The number of hydrogen-bond donors (Lipinski definition) is 0. The van der Waals surface area contributed by atoms with Crippen molar-refractivity contribution in [1.29, 1.82) is 0 Å². The van der Waals surface area contributed by atoms with Crippen molar-refractivity contribution in [1.82, 2.24) is 24.5 Å². The number of ether oxygens (including phenoxy) is 1. The normalized spacial score (nSPS) is 12.3. The number of hydrogen-bond acceptors (Lipinski definition) is 5. The molecule has 0 radical (unpaired) electrons. The smallest absolute Gasteiger partial charge is 0.215 e. The molecule has 3 aromatic heterocycles. The lowest BCUT2D eigenvalue weighted by atomic mass is 9.95. The number of ketones is 1. The molecule has 7 nitrogen and oxygen atoms in total. The van der Waals surface area contributed by atoms with Gasteiger partial charge >= 0.3 is 0 Å². The van der Waals surface area contributed by atoms with Crippen LogP contribution in [0.4, 0.5) is 0 Å². The van der Waals surface area contributed by atoms with Crippen LogP contribution in [-0.2, 0) is 18.9 Å². The molecule has 4 rings (SSSR count). The summed E-state index contributed by atoms with van der Waals surface area (Å²) in [6.07, 6.45) is 0.431. The van der Waals surface area contributed by atoms with Crippen molar-refractivity contribution in [2.75, 3.05) is 6.61 Å². The quantitative estimate of drug-likeness (QED) is 0.433. The summed E-state index contributed by atoms with van der Waals surface area (Å²) in [5.41, 5.74) is 6.79. The molecule has 0 saturated carbocycles. The van der Waals surface area contributed by atoms with E-state index in [2.05, 4.69) is 53.3 Å². The van der Waals surface area contributed by atoms with Gasteiger partial charge in [-0.1, -0.05) is 36.8 Å². The maximum absolute atomic E-state index is 12.5. The molecule has 7 heteroatoms. The largest absolute Gasteiger partial charge is 0.470 e. The van der Waals surface area contributed by atoms with E-state index >= 15 is 0 Å². The Morgan fingerprint density at radius 3 is 2.41 bits per heavy atom. The summed E-state index contributed by atoms with van der Waals surface area (Å²) in [6, 6.07) is 12.2. The molecule has 0 fully saturated rings. The number of aryl methyl sites for hydroxylation is 5. The van der Waals surface area contributed by atoms with Crippen LogP contribution in [0.2, 0.25) is 0 Å². The average Bonchev–Trinajstić information content (AvgIpc) is 3.25. The molecule has 0 amide bonds. The zero-order valence-electron chi connectivity index (χ0n) is 19.5. The number of nitrogens with zero attached hydrogens (tertiary/aromatic N) is 5. The van der Waals surface area contributed by atoms with Crippen molar-refractivity contribution in [3.8, 4) is 17.3 Å². The van der Waals surface area contributed by atoms with Crippen LogP contribution in [0, 0.1) is 20.8 Å². The number of benzene rings is 1. The highest BCUT2D eigenvalue weighted by Gasteiger charge is 2.19. The number of Topliss-reactive ketones (excluding diaryl/α,β-unsaturated/α-hetero) is 1. The summed E-state index contributed by atoms with van der Waals surface area (Å²) in [5.74, 6) is 0.626. The number of carbonyl (C=O) groups excluding carboxylic acids is 1. The summed E-state index contributed by atoms with van der Waals surface area (Å²) in [6.45, 7) is 8.09. The second-order valence-corrected chi connectivity index (χ2v) is 8.59. The second-order valence-electron chi connectivity index (χ2n) is 8.59. The Hall–Kier alpha value is -3.48. The van der Waals surface area contributed by atoms with Crippen molar-refractivity contribution in [2.24, 2.45) is 14.1 Å². The molecule has 166 valence electrons. The van der Waals surface area contributed by atoms with Crippen LogP contribution in [0.1, 0.15) is 41.6 Å². The molecule has 1 atom stereocenters. The summed E-state index contributed by atoms with van der Waals surface area (Å²) >= 11 is 0. The number of aromatic nitrogens is 5. The van der Waals surface area contributed by atoms with E-state index in [4.69, 9.17) is 4.74 Å². The lowest BCUT2D eigenvalue weighted by Gasteiger charge is -2.12. The molecule has 1 aromatic carbocycles. The summed E-state index contributed by atoms with van der Waals surface area (Å²) < 4.78 is 9.36. The minimum Gasteiger partial charge on any atom is -0.470 e. The van der Waals surface area contributed by atoms with Gasteiger partial charge in [-0.3, -0.25) is 9.48 Å². The van der Waals surface area contributed by atoms with Gasteiger partial charge in [0.2, 0.25) is 5.88 Å². The van der Waals surface area contributed by atoms with Gasteiger partial charge < -0.3 is 4.74 Å². The highest BCUT2D eigenvalue weighted by atomic mass is 16.5. The SMILES string of the molecule is Cc1ccc([C@H](C)CC(=O)COc2cc(C)c3c(-c4cc(C)nn4C)nn(C)c3n2)cc1. The average molecular weight is 432 g/mol. The first-order valence-corrected chi connectivity index (χ1v) is 10.8. The molecule has 0 aliphatic heterocycles. The van der Waals surface area contributed by atoms with Gasteiger partial charge in [0.1, 0.15) is 12.3 Å². The third kappa shape index (κ3) is 4.28. The molecule has 32 heavy (non-hydrogen) atoms. The number of carbonyl (C=O) groups is 1. The number of fused-ring (bicyclic) bond motifs is 1. The molecule has 0 aliphatic rings. The Balaban J connectivity index is 1.50.